The molecule has 2 aromatic carbocycles. The van der Waals surface area contributed by atoms with Crippen LogP contribution in [0.5, 0.6) is 5.75 Å². The minimum Gasteiger partial charge on any atom is -0.490 e. The molecular weight excluding hydrogens is 581 g/mol. The number of thiophene rings is 1. The van der Waals surface area contributed by atoms with E-state index >= 15 is 0 Å². The molecule has 0 amide bonds. The molecule has 4 aromatic rings. The van der Waals surface area contributed by atoms with Crippen LogP contribution in [0.25, 0.3) is 10.1 Å². The molecule has 1 aliphatic heterocycles. The highest BCUT2D eigenvalue weighted by molar-refractivity contribution is 7.20. The summed E-state index contributed by atoms with van der Waals surface area (Å²) in [6.45, 7) is 9.64. The molecule has 1 saturated heterocycles. The zero-order chi connectivity index (χ0) is 32.0. The fourth-order valence-electron chi connectivity index (χ4n) is 4.85. The van der Waals surface area contributed by atoms with E-state index in [0.29, 0.717) is 0 Å². The summed E-state index contributed by atoms with van der Waals surface area (Å²) in [4.78, 5) is 18.3. The Balaban J connectivity index is 0.000000290. The number of carbonyl (C=O) groups excluding carboxylic acids is 1. The predicted molar refractivity (Wildman–Crippen MR) is 177 cm³/mol. The van der Waals surface area contributed by atoms with E-state index in [0.717, 1.165) is 70.9 Å². The zero-order valence-electron chi connectivity index (χ0n) is 26.3. The van der Waals surface area contributed by atoms with Crippen LogP contribution in [0.15, 0.2) is 73.1 Å². The number of fused-ring (bicyclic) bond motifs is 1. The maximum atomic E-state index is 12.7. The number of piperidine rings is 1. The van der Waals surface area contributed by atoms with Crippen molar-refractivity contribution in [2.45, 2.75) is 91.3 Å². The van der Waals surface area contributed by atoms with E-state index in [1.165, 1.54) is 61.1 Å². The highest BCUT2D eigenvalue weighted by Crippen LogP contribution is 2.33. The highest BCUT2D eigenvalue weighted by atomic mass is 32.1. The number of benzene rings is 2. The van der Waals surface area contributed by atoms with Crippen LogP contribution < -0.4 is 9.64 Å². The van der Waals surface area contributed by atoms with Crippen LogP contribution in [0, 0.1) is 0 Å². The summed E-state index contributed by atoms with van der Waals surface area (Å²) in [6, 6.07) is 17.1. The molecule has 5 rings (SSSR count). The van der Waals surface area contributed by atoms with Gasteiger partial charge < -0.3 is 9.64 Å². The summed E-state index contributed by atoms with van der Waals surface area (Å²) in [5.41, 5.74) is 1.52. The number of aryl methyl sites for hydroxylation is 1. The SMILES string of the molecule is CC(=O)c1cc2cc(OC3CCN(c4ccc(C(F)(F)F)cc4)CC3)ccc2s1.CCCCCCC.CCc1ccncc1. The first-order valence-corrected chi connectivity index (χ1v) is 16.5. The third-order valence-electron chi connectivity index (χ3n) is 7.50. The van der Waals surface area contributed by atoms with Crippen LogP contribution in [0.4, 0.5) is 18.9 Å². The third-order valence-corrected chi connectivity index (χ3v) is 8.72. The number of carbonyl (C=O) groups is 1. The molecule has 238 valence electrons. The van der Waals surface area contributed by atoms with Gasteiger partial charge >= 0.3 is 6.18 Å². The van der Waals surface area contributed by atoms with Crippen LogP contribution in [-0.4, -0.2) is 30.0 Å². The van der Waals surface area contributed by atoms with Crippen molar-refractivity contribution in [1.29, 1.82) is 0 Å². The largest absolute Gasteiger partial charge is 0.490 e. The van der Waals surface area contributed by atoms with Gasteiger partial charge in [-0.15, -0.1) is 11.3 Å². The second-order valence-electron chi connectivity index (χ2n) is 11.0. The van der Waals surface area contributed by atoms with Gasteiger partial charge in [0, 0.05) is 48.7 Å². The second-order valence-corrected chi connectivity index (χ2v) is 12.1. The number of rotatable bonds is 9. The van der Waals surface area contributed by atoms with Crippen molar-refractivity contribution in [3.8, 4) is 5.75 Å². The number of hydrogen-bond donors (Lipinski definition) is 0. The Morgan fingerprint density at radius 2 is 1.55 bits per heavy atom. The van der Waals surface area contributed by atoms with Gasteiger partial charge in [-0.2, -0.15) is 13.2 Å². The van der Waals surface area contributed by atoms with E-state index < -0.39 is 11.7 Å². The van der Waals surface area contributed by atoms with Gasteiger partial charge in [0.2, 0.25) is 0 Å². The lowest BCUT2D eigenvalue weighted by Crippen LogP contribution is -2.38. The van der Waals surface area contributed by atoms with E-state index in [1.54, 1.807) is 6.92 Å². The summed E-state index contributed by atoms with van der Waals surface area (Å²) in [6.07, 6.45) is 9.08. The van der Waals surface area contributed by atoms with Crippen molar-refractivity contribution in [2.24, 2.45) is 0 Å². The normalized spacial score (nSPS) is 13.5. The molecule has 8 heteroatoms. The molecule has 0 unspecified atom stereocenters. The second kappa shape index (κ2) is 17.8. The molecule has 4 nitrogen and oxygen atoms in total. The molecular formula is C36H45F3N2O2S. The van der Waals surface area contributed by atoms with Crippen LogP contribution in [0.2, 0.25) is 0 Å². The average molecular weight is 627 g/mol. The summed E-state index contributed by atoms with van der Waals surface area (Å²) < 4.78 is 45.3. The number of ketones is 1. The van der Waals surface area contributed by atoms with E-state index in [1.807, 2.05) is 48.8 Å². The van der Waals surface area contributed by atoms with Gasteiger partial charge in [0.1, 0.15) is 11.9 Å². The van der Waals surface area contributed by atoms with E-state index in [2.05, 4.69) is 30.7 Å². The number of ether oxygens (including phenoxy) is 1. The Morgan fingerprint density at radius 1 is 0.909 bits per heavy atom. The lowest BCUT2D eigenvalue weighted by Gasteiger charge is -2.33. The topological polar surface area (TPSA) is 42.4 Å². The van der Waals surface area contributed by atoms with Gasteiger partial charge in [0.15, 0.2) is 5.78 Å². The maximum absolute atomic E-state index is 12.7. The summed E-state index contributed by atoms with van der Waals surface area (Å²) in [5, 5.41) is 1.000. The molecule has 0 N–H and O–H groups in total. The van der Waals surface area contributed by atoms with Gasteiger partial charge in [-0.1, -0.05) is 52.9 Å². The zero-order valence-corrected chi connectivity index (χ0v) is 27.1. The molecule has 0 atom stereocenters. The van der Waals surface area contributed by atoms with E-state index in [9.17, 15) is 18.0 Å². The minimum absolute atomic E-state index is 0.0593. The van der Waals surface area contributed by atoms with Crippen LogP contribution >= 0.6 is 11.3 Å². The average Bonchev–Trinajstić information content (AvgIpc) is 3.47. The molecule has 1 aliphatic rings. The number of pyridine rings is 1. The number of aromatic nitrogens is 1. The summed E-state index contributed by atoms with van der Waals surface area (Å²) >= 11 is 1.48. The number of unbranched alkanes of at least 4 members (excludes halogenated alkanes) is 4. The Bertz CT molecular complexity index is 1390. The molecule has 1 fully saturated rings. The molecule has 44 heavy (non-hydrogen) atoms. The van der Waals surface area contributed by atoms with Crippen molar-refractivity contribution >= 4 is 32.9 Å². The molecule has 0 radical (unpaired) electrons. The number of anilines is 1. The van der Waals surface area contributed by atoms with Crippen molar-refractivity contribution in [3.05, 3.63) is 89.1 Å². The third kappa shape index (κ3) is 11.3. The number of alkyl halides is 3. The first-order chi connectivity index (χ1) is 21.1. The van der Waals surface area contributed by atoms with Gasteiger partial charge in [0.25, 0.3) is 0 Å². The van der Waals surface area contributed by atoms with Gasteiger partial charge in [-0.25, -0.2) is 0 Å². The molecule has 0 saturated carbocycles. The predicted octanol–water partition coefficient (Wildman–Crippen LogP) is 10.8. The fraction of sp³-hybridized carbons (Fsp3) is 0.444. The Morgan fingerprint density at radius 3 is 2.07 bits per heavy atom. The van der Waals surface area contributed by atoms with Gasteiger partial charge in [0.05, 0.1) is 10.4 Å². The van der Waals surface area contributed by atoms with Crippen molar-refractivity contribution < 1.29 is 22.7 Å². The van der Waals surface area contributed by atoms with Crippen molar-refractivity contribution in [2.75, 3.05) is 18.0 Å². The maximum Gasteiger partial charge on any atom is 0.416 e. The lowest BCUT2D eigenvalue weighted by atomic mass is 10.1. The Kier molecular flexibility index (Phi) is 14.2. The number of nitrogens with zero attached hydrogens (tertiary/aromatic N) is 2. The molecule has 0 bridgehead atoms. The van der Waals surface area contributed by atoms with E-state index in [-0.39, 0.29) is 11.9 Å². The minimum atomic E-state index is -4.31. The Labute approximate surface area is 264 Å². The van der Waals surface area contributed by atoms with E-state index in [4.69, 9.17) is 4.74 Å². The van der Waals surface area contributed by atoms with Gasteiger partial charge in [-0.3, -0.25) is 9.78 Å². The smallest absolute Gasteiger partial charge is 0.416 e. The summed E-state index contributed by atoms with van der Waals surface area (Å²) in [7, 11) is 0. The van der Waals surface area contributed by atoms with Crippen LogP contribution in [0.3, 0.4) is 0 Å². The fourth-order valence-corrected chi connectivity index (χ4v) is 5.79. The molecule has 0 spiro atoms. The number of hydrogen-bond acceptors (Lipinski definition) is 5. The number of halogens is 3. The van der Waals surface area contributed by atoms with Gasteiger partial charge in [-0.05, 0) is 85.0 Å². The van der Waals surface area contributed by atoms with Crippen molar-refractivity contribution in [3.63, 3.8) is 0 Å². The Hall–Kier alpha value is -3.39. The first kappa shape index (κ1) is 35.1. The highest BCUT2D eigenvalue weighted by Gasteiger charge is 2.30. The van der Waals surface area contributed by atoms with Crippen LogP contribution in [-0.2, 0) is 12.6 Å². The molecule has 2 aromatic heterocycles. The number of Topliss-reactive ketones (excluding diaryl/α,β-unsaturated/α-hetero) is 1. The standard InChI is InChI=1S/C22H20F3NO2S.C7H9N.C7H16/c1-14(27)21-13-15-12-19(6-7-20(15)29-21)28-18-8-10-26(11-9-18)17-4-2-16(3-5-17)22(23,24)25;1-2-7-3-5-8-6-4-7;1-3-5-7-6-4-2/h2-7,12-13,18H,8-11H2,1H3;3-6H,2H2,1H3;3-7H2,1-2H3. The van der Waals surface area contributed by atoms with Crippen molar-refractivity contribution in [1.82, 2.24) is 4.98 Å². The van der Waals surface area contributed by atoms with Crippen LogP contribution in [0.1, 0.15) is 93.4 Å². The molecule has 3 heterocycles. The molecule has 0 aliphatic carbocycles. The lowest BCUT2D eigenvalue weighted by molar-refractivity contribution is -0.137. The quantitative estimate of drug-likeness (QED) is 0.137. The first-order valence-electron chi connectivity index (χ1n) is 15.7. The monoisotopic (exact) mass is 626 g/mol. The summed E-state index contributed by atoms with van der Waals surface area (Å²) in [5.74, 6) is 0.836.